The molecule has 0 saturated carbocycles. The third-order valence-corrected chi connectivity index (χ3v) is 11.0. The Bertz CT molecular complexity index is 3550. The van der Waals surface area contributed by atoms with Gasteiger partial charge in [0.25, 0.3) is 0 Å². The summed E-state index contributed by atoms with van der Waals surface area (Å²) in [5.41, 5.74) is 12.8. The maximum absolute atomic E-state index is 5.40. The Kier molecular flexibility index (Phi) is 6.90. The van der Waals surface area contributed by atoms with Crippen LogP contribution in [0.1, 0.15) is 26.5 Å². The van der Waals surface area contributed by atoms with Crippen LogP contribution in [-0.4, -0.2) is 37.5 Å². The van der Waals surface area contributed by atoms with Crippen LogP contribution in [0.25, 0.3) is 94.7 Å². The van der Waals surface area contributed by atoms with Gasteiger partial charge in [0.2, 0.25) is 11.6 Å². The van der Waals surface area contributed by atoms with Crippen molar-refractivity contribution in [2.24, 2.45) is 0 Å². The molecule has 8 nitrogen and oxygen atoms in total. The molecule has 0 atom stereocenters. The van der Waals surface area contributed by atoms with Gasteiger partial charge in [-0.05, 0) is 71.1 Å². The van der Waals surface area contributed by atoms with Gasteiger partial charge in [-0.2, -0.15) is 18.2 Å². The second-order valence-corrected chi connectivity index (χ2v) is 15.3. The van der Waals surface area contributed by atoms with Gasteiger partial charge in [-0.3, -0.25) is 13.8 Å². The zero-order valence-electron chi connectivity index (χ0n) is 30.7. The van der Waals surface area contributed by atoms with E-state index in [1.54, 1.807) is 0 Å². The molecule has 6 heterocycles. The third-order valence-electron chi connectivity index (χ3n) is 11.0. The van der Waals surface area contributed by atoms with Gasteiger partial charge in [-0.25, -0.2) is 9.97 Å². The quantitative estimate of drug-likeness (QED) is 0.166. The Hall–Kier alpha value is -6.50. The van der Waals surface area contributed by atoms with Crippen LogP contribution < -0.4 is 0 Å². The molecule has 12 rings (SSSR count). The summed E-state index contributed by atoms with van der Waals surface area (Å²) in [5.74, 6) is 2.38. The number of aromatic nitrogens is 8. The summed E-state index contributed by atoms with van der Waals surface area (Å²) in [5, 5.41) is 2.21. The minimum atomic E-state index is -0.260. The van der Waals surface area contributed by atoms with Gasteiger partial charge in [-0.1, -0.05) is 98.7 Å². The van der Waals surface area contributed by atoms with Gasteiger partial charge >= 0.3 is 21.1 Å². The maximum Gasteiger partial charge on any atom is 2.00 e. The van der Waals surface area contributed by atoms with Crippen LogP contribution in [0, 0.1) is 12.1 Å². The van der Waals surface area contributed by atoms with Gasteiger partial charge in [0.05, 0.1) is 44.1 Å². The molecule has 0 bridgehead atoms. The zero-order valence-corrected chi connectivity index (χ0v) is 32.9. The topological polar surface area (TPSA) is 62.3 Å². The van der Waals surface area contributed by atoms with E-state index in [0.717, 1.165) is 94.6 Å². The number of hydrogen-bond acceptors (Lipinski definition) is 3. The second kappa shape index (κ2) is 11.8. The first-order valence-corrected chi connectivity index (χ1v) is 18.6. The van der Waals surface area contributed by atoms with E-state index in [2.05, 4.69) is 183 Å². The van der Waals surface area contributed by atoms with Gasteiger partial charge in [0.15, 0.2) is 0 Å². The van der Waals surface area contributed by atoms with Crippen molar-refractivity contribution in [3.8, 4) is 17.2 Å². The SMILES string of the molecule is CC(C)(C)c1cc(-n2c3ccccc3n3c4ccccc4nc23)[c-]c(-n2c3[c-]c(-n4c5ccccc5n5c6ccccc6nc45)ccc3c3ccccc32)n1.[Pt+2]. The molecule has 0 N–H and O–H groups in total. The molecule has 12 aromatic rings. The van der Waals surface area contributed by atoms with E-state index < -0.39 is 0 Å². The van der Waals surface area contributed by atoms with E-state index in [-0.39, 0.29) is 26.5 Å². The van der Waals surface area contributed by atoms with Crippen molar-refractivity contribution in [3.63, 3.8) is 0 Å². The summed E-state index contributed by atoms with van der Waals surface area (Å²) in [6, 6.07) is 56.4. The van der Waals surface area contributed by atoms with Crippen LogP contribution in [0.3, 0.4) is 0 Å². The summed E-state index contributed by atoms with van der Waals surface area (Å²) in [4.78, 5) is 15.7. The van der Waals surface area contributed by atoms with Crippen molar-refractivity contribution in [2.45, 2.75) is 26.2 Å². The third kappa shape index (κ3) is 4.47. The number of benzene rings is 6. The van der Waals surface area contributed by atoms with E-state index in [9.17, 15) is 0 Å². The molecule has 0 aliphatic carbocycles. The minimum Gasteiger partial charge on any atom is -0.335 e. The molecule has 0 saturated heterocycles. The van der Waals surface area contributed by atoms with E-state index in [4.69, 9.17) is 15.0 Å². The maximum atomic E-state index is 5.40. The standard InChI is InChI=1S/C47H32N8.Pt/c1-47(2,3)43-27-30(52-39-21-11-13-23-41(39)55-37-19-9-6-16-34(37)49-46(52)55)28-44(50-43)53-35-17-7-4-14-31(35)32-25-24-29(26-42(32)53)51-38-20-10-12-22-40(38)54-36-18-8-5-15-33(36)48-45(51)54;/h4-25,27H,1-3H3;/q-2;+2. The van der Waals surface area contributed by atoms with Crippen LogP contribution >= 0.6 is 0 Å². The summed E-state index contributed by atoms with van der Waals surface area (Å²) in [7, 11) is 0. The van der Waals surface area contributed by atoms with E-state index in [1.807, 2.05) is 12.1 Å². The first-order valence-electron chi connectivity index (χ1n) is 18.6. The molecule has 0 unspecified atom stereocenters. The number of pyridine rings is 1. The Morgan fingerprint density at radius 2 is 0.946 bits per heavy atom. The number of hydrogen-bond donors (Lipinski definition) is 0. The number of nitrogens with zero attached hydrogens (tertiary/aromatic N) is 8. The van der Waals surface area contributed by atoms with Crippen LogP contribution in [0.15, 0.2) is 140 Å². The number of fused-ring (bicyclic) bond motifs is 13. The molecular weight excluding hydrogens is 872 g/mol. The van der Waals surface area contributed by atoms with Crippen molar-refractivity contribution in [1.82, 2.24) is 37.5 Å². The molecule has 0 radical (unpaired) electrons. The molecule has 6 aromatic heterocycles. The Balaban J connectivity index is 0.00000363. The second-order valence-electron chi connectivity index (χ2n) is 15.3. The molecule has 270 valence electrons. The molecule has 9 heteroatoms. The van der Waals surface area contributed by atoms with E-state index in [1.165, 1.54) is 0 Å². The summed E-state index contributed by atoms with van der Waals surface area (Å²) in [6.45, 7) is 6.63. The average molecular weight is 904 g/mol. The summed E-state index contributed by atoms with van der Waals surface area (Å²) < 4.78 is 11.2. The largest absolute Gasteiger partial charge is 2.00 e. The van der Waals surface area contributed by atoms with Crippen molar-refractivity contribution in [3.05, 3.63) is 157 Å². The van der Waals surface area contributed by atoms with Crippen LogP contribution in [0.4, 0.5) is 0 Å². The van der Waals surface area contributed by atoms with Gasteiger partial charge in [0, 0.05) is 11.3 Å². The summed E-state index contributed by atoms with van der Waals surface area (Å²) in [6.07, 6.45) is 0. The number of imidazole rings is 4. The molecule has 0 aliphatic heterocycles. The van der Waals surface area contributed by atoms with Crippen LogP contribution in [0.5, 0.6) is 0 Å². The van der Waals surface area contributed by atoms with Crippen LogP contribution in [0.2, 0.25) is 0 Å². The molecular formula is C47H32N8Pt. The Morgan fingerprint density at radius 3 is 1.54 bits per heavy atom. The molecule has 0 fully saturated rings. The first kappa shape index (κ1) is 32.9. The monoisotopic (exact) mass is 903 g/mol. The Morgan fingerprint density at radius 1 is 0.446 bits per heavy atom. The van der Waals surface area contributed by atoms with Gasteiger partial charge in [-0.15, -0.1) is 23.2 Å². The average Bonchev–Trinajstić information content (AvgIpc) is 3.99. The predicted molar refractivity (Wildman–Crippen MR) is 221 cm³/mol. The van der Waals surface area contributed by atoms with Gasteiger partial charge in [0.1, 0.15) is 0 Å². The molecule has 0 spiro atoms. The fraction of sp³-hybridized carbons (Fsp3) is 0.0851. The number of rotatable bonds is 3. The van der Waals surface area contributed by atoms with E-state index >= 15 is 0 Å². The van der Waals surface area contributed by atoms with Crippen molar-refractivity contribution in [1.29, 1.82) is 0 Å². The van der Waals surface area contributed by atoms with Crippen molar-refractivity contribution >= 4 is 77.5 Å². The predicted octanol–water partition coefficient (Wildman–Crippen LogP) is 10.6. The zero-order chi connectivity index (χ0) is 36.6. The van der Waals surface area contributed by atoms with Crippen molar-refractivity contribution < 1.29 is 21.1 Å². The molecule has 0 aliphatic rings. The minimum absolute atomic E-state index is 0. The Labute approximate surface area is 335 Å². The first-order chi connectivity index (χ1) is 26.9. The fourth-order valence-corrected chi connectivity index (χ4v) is 8.47. The molecule has 6 aromatic carbocycles. The molecule has 56 heavy (non-hydrogen) atoms. The smallest absolute Gasteiger partial charge is 0.335 e. The normalized spacial score (nSPS) is 12.4. The number of para-hydroxylation sites is 9. The van der Waals surface area contributed by atoms with Crippen LogP contribution in [-0.2, 0) is 26.5 Å². The van der Waals surface area contributed by atoms with Crippen molar-refractivity contribution in [2.75, 3.05) is 0 Å². The summed E-state index contributed by atoms with van der Waals surface area (Å²) >= 11 is 0. The van der Waals surface area contributed by atoms with Gasteiger partial charge < -0.3 is 13.7 Å². The fourth-order valence-electron chi connectivity index (χ4n) is 8.47. The van der Waals surface area contributed by atoms with E-state index in [0.29, 0.717) is 5.82 Å². The molecule has 0 amide bonds.